The first kappa shape index (κ1) is 13.0. The highest BCUT2D eigenvalue weighted by molar-refractivity contribution is 5.89. The van der Waals surface area contributed by atoms with Gasteiger partial charge in [-0.3, -0.25) is 9.89 Å². The summed E-state index contributed by atoms with van der Waals surface area (Å²) in [7, 11) is 0. The van der Waals surface area contributed by atoms with Gasteiger partial charge in [0.2, 0.25) is 0 Å². The molecule has 0 aliphatic rings. The molecule has 0 spiro atoms. The van der Waals surface area contributed by atoms with Crippen LogP contribution in [-0.2, 0) is 0 Å². The Balaban J connectivity index is 0.00000133. The third-order valence-electron chi connectivity index (χ3n) is 2.81. The van der Waals surface area contributed by atoms with Crippen molar-refractivity contribution in [2.75, 3.05) is 11.5 Å². The van der Waals surface area contributed by atoms with Crippen LogP contribution in [0.4, 0.5) is 11.5 Å². The van der Waals surface area contributed by atoms with E-state index in [1.807, 2.05) is 12.1 Å². The Hall–Kier alpha value is -2.47. The van der Waals surface area contributed by atoms with E-state index in [1.165, 1.54) is 0 Å². The number of nitrogens with two attached hydrogens (primary N) is 2. The first-order valence-electron chi connectivity index (χ1n) is 5.38. The summed E-state index contributed by atoms with van der Waals surface area (Å²) in [6, 6.07) is 9.03. The average molecular weight is 278 g/mol. The predicted molar refractivity (Wildman–Crippen MR) is 78.2 cm³/mol. The number of halogens is 1. The third kappa shape index (κ3) is 2.13. The molecule has 6 nitrogen and oxygen atoms in total. The normalized spacial score (nSPS) is 10.3. The van der Waals surface area contributed by atoms with Gasteiger partial charge in [0, 0.05) is 5.69 Å². The van der Waals surface area contributed by atoms with Crippen LogP contribution in [0.1, 0.15) is 0 Å². The average Bonchev–Trinajstić information content (AvgIpc) is 2.72. The van der Waals surface area contributed by atoms with Crippen LogP contribution >= 0.6 is 12.4 Å². The number of nitrogen functional groups attached to an aromatic ring is 2. The quantitative estimate of drug-likeness (QED) is 0.505. The van der Waals surface area contributed by atoms with E-state index < -0.39 is 0 Å². The number of nitrogens with zero attached hydrogens (tertiary/aromatic N) is 1. The third-order valence-corrected chi connectivity index (χ3v) is 2.81. The Morgan fingerprint density at radius 3 is 2.47 bits per heavy atom. The van der Waals surface area contributed by atoms with Gasteiger partial charge in [-0.1, -0.05) is 12.1 Å². The zero-order chi connectivity index (χ0) is 12.7. The van der Waals surface area contributed by atoms with Gasteiger partial charge in [-0.05, 0) is 23.8 Å². The molecular weight excluding hydrogens is 266 g/mol. The second kappa shape index (κ2) is 4.66. The Morgan fingerprint density at radius 2 is 1.79 bits per heavy atom. The standard InChI is InChI=1S/C12H11N5O.ClH/c13-7-3-1-6(2-4-7)8-5-9-10(12(18)15-8)11(14)17-16-9;/h1-5H,13H2,(H,15,18)(H3,14,16,17);1H. The Labute approximate surface area is 114 Å². The molecule has 3 aromatic rings. The van der Waals surface area contributed by atoms with Crippen LogP contribution in [-0.4, -0.2) is 15.2 Å². The lowest BCUT2D eigenvalue weighted by Gasteiger charge is -2.02. The summed E-state index contributed by atoms with van der Waals surface area (Å²) in [6.07, 6.45) is 0. The van der Waals surface area contributed by atoms with E-state index in [1.54, 1.807) is 18.2 Å². The highest BCUT2D eigenvalue weighted by Crippen LogP contribution is 2.21. The molecule has 1 aromatic carbocycles. The smallest absolute Gasteiger partial charge is 0.261 e. The van der Waals surface area contributed by atoms with Gasteiger partial charge in [-0.2, -0.15) is 5.10 Å². The maximum Gasteiger partial charge on any atom is 0.261 e. The molecule has 0 fully saturated rings. The summed E-state index contributed by atoms with van der Waals surface area (Å²) in [4.78, 5) is 14.7. The van der Waals surface area contributed by atoms with Crippen molar-refractivity contribution in [3.8, 4) is 11.3 Å². The molecule has 2 heterocycles. The molecule has 0 radical (unpaired) electrons. The zero-order valence-corrected chi connectivity index (χ0v) is 10.6. The minimum Gasteiger partial charge on any atom is -0.399 e. The largest absolute Gasteiger partial charge is 0.399 e. The van der Waals surface area contributed by atoms with Gasteiger partial charge >= 0.3 is 0 Å². The summed E-state index contributed by atoms with van der Waals surface area (Å²) in [6.45, 7) is 0. The minimum absolute atomic E-state index is 0. The molecular formula is C12H12ClN5O. The van der Waals surface area contributed by atoms with Crippen molar-refractivity contribution in [3.05, 3.63) is 40.7 Å². The highest BCUT2D eigenvalue weighted by atomic mass is 35.5. The fourth-order valence-electron chi connectivity index (χ4n) is 1.90. The van der Waals surface area contributed by atoms with Gasteiger partial charge in [0.15, 0.2) is 5.82 Å². The Morgan fingerprint density at radius 1 is 1.11 bits per heavy atom. The van der Waals surface area contributed by atoms with Crippen LogP contribution < -0.4 is 17.0 Å². The van der Waals surface area contributed by atoms with E-state index in [-0.39, 0.29) is 23.8 Å². The van der Waals surface area contributed by atoms with Crippen LogP contribution in [0.15, 0.2) is 35.1 Å². The molecule has 0 bridgehead atoms. The van der Waals surface area contributed by atoms with Crippen LogP contribution in [0.25, 0.3) is 22.2 Å². The first-order chi connectivity index (χ1) is 8.65. The second-order valence-corrected chi connectivity index (χ2v) is 4.03. The first-order valence-corrected chi connectivity index (χ1v) is 5.38. The summed E-state index contributed by atoms with van der Waals surface area (Å²) in [5, 5.41) is 6.93. The maximum atomic E-state index is 11.9. The molecule has 0 unspecified atom stereocenters. The van der Waals surface area contributed by atoms with Crippen LogP contribution in [0, 0.1) is 0 Å². The van der Waals surface area contributed by atoms with Crippen LogP contribution in [0.3, 0.4) is 0 Å². The van der Waals surface area contributed by atoms with Gasteiger partial charge in [-0.15, -0.1) is 12.4 Å². The van der Waals surface area contributed by atoms with Crippen molar-refractivity contribution in [1.29, 1.82) is 0 Å². The maximum absolute atomic E-state index is 11.9. The van der Waals surface area contributed by atoms with Crippen LogP contribution in [0.5, 0.6) is 0 Å². The monoisotopic (exact) mass is 277 g/mol. The number of hydrogen-bond donors (Lipinski definition) is 4. The number of pyridine rings is 1. The van der Waals surface area contributed by atoms with Crippen molar-refractivity contribution in [1.82, 2.24) is 15.2 Å². The molecule has 19 heavy (non-hydrogen) atoms. The lowest BCUT2D eigenvalue weighted by molar-refractivity contribution is 1.13. The summed E-state index contributed by atoms with van der Waals surface area (Å²) >= 11 is 0. The lowest BCUT2D eigenvalue weighted by atomic mass is 10.1. The van der Waals surface area contributed by atoms with Crippen molar-refractivity contribution in [2.24, 2.45) is 0 Å². The van der Waals surface area contributed by atoms with Gasteiger partial charge in [0.25, 0.3) is 5.56 Å². The number of aromatic nitrogens is 3. The summed E-state index contributed by atoms with van der Waals surface area (Å²) in [5.74, 6) is 0.204. The van der Waals surface area contributed by atoms with E-state index in [0.717, 1.165) is 5.56 Å². The van der Waals surface area contributed by atoms with Crippen molar-refractivity contribution in [3.63, 3.8) is 0 Å². The van der Waals surface area contributed by atoms with Gasteiger partial charge < -0.3 is 16.5 Å². The van der Waals surface area contributed by atoms with E-state index in [9.17, 15) is 4.79 Å². The van der Waals surface area contributed by atoms with Gasteiger partial charge in [0.05, 0.1) is 11.2 Å². The van der Waals surface area contributed by atoms with E-state index >= 15 is 0 Å². The summed E-state index contributed by atoms with van der Waals surface area (Å²) < 4.78 is 0. The molecule has 0 atom stereocenters. The second-order valence-electron chi connectivity index (χ2n) is 4.03. The number of anilines is 2. The zero-order valence-electron chi connectivity index (χ0n) is 9.81. The van der Waals surface area contributed by atoms with E-state index in [4.69, 9.17) is 11.5 Å². The highest BCUT2D eigenvalue weighted by Gasteiger charge is 2.09. The number of fused-ring (bicyclic) bond motifs is 1. The fourth-order valence-corrected chi connectivity index (χ4v) is 1.90. The SMILES string of the molecule is Cl.Nc1ccc(-c2cc3[nH]nc(N)c3c(=O)[nH]2)cc1. The van der Waals surface area contributed by atoms with Crippen molar-refractivity contribution < 1.29 is 0 Å². The molecule has 98 valence electrons. The van der Waals surface area contributed by atoms with Crippen molar-refractivity contribution in [2.45, 2.75) is 0 Å². The van der Waals surface area contributed by atoms with Gasteiger partial charge in [-0.25, -0.2) is 0 Å². The molecule has 2 aromatic heterocycles. The molecule has 0 saturated heterocycles. The Bertz CT molecular complexity index is 775. The topological polar surface area (TPSA) is 114 Å². The number of benzene rings is 1. The number of hydrogen-bond acceptors (Lipinski definition) is 4. The molecule has 0 aliphatic heterocycles. The van der Waals surface area contributed by atoms with Gasteiger partial charge in [0.1, 0.15) is 5.39 Å². The number of nitrogens with one attached hydrogen (secondary N) is 2. The fraction of sp³-hybridized carbons (Fsp3) is 0. The molecule has 0 amide bonds. The number of H-pyrrole nitrogens is 2. The molecule has 0 saturated carbocycles. The Kier molecular flexibility index (Phi) is 3.18. The van der Waals surface area contributed by atoms with Crippen molar-refractivity contribution >= 4 is 34.8 Å². The molecule has 3 rings (SSSR count). The molecule has 6 N–H and O–H groups in total. The van der Waals surface area contributed by atoms with E-state index in [0.29, 0.717) is 22.3 Å². The van der Waals surface area contributed by atoms with Crippen LogP contribution in [0.2, 0.25) is 0 Å². The minimum atomic E-state index is -0.259. The molecule has 7 heteroatoms. The predicted octanol–water partition coefficient (Wildman–Crippen LogP) is 1.50. The van der Waals surface area contributed by atoms with E-state index in [2.05, 4.69) is 15.2 Å². The lowest BCUT2D eigenvalue weighted by Crippen LogP contribution is -2.07. The molecule has 0 aliphatic carbocycles. The number of aromatic amines is 2. The number of rotatable bonds is 1. The summed E-state index contributed by atoms with van der Waals surface area (Å²) in [5.41, 5.74) is 13.8.